The zero-order valence-electron chi connectivity index (χ0n) is 13.0. The molecule has 24 heavy (non-hydrogen) atoms. The number of hydrogen-bond donors (Lipinski definition) is 2. The summed E-state index contributed by atoms with van der Waals surface area (Å²) in [5, 5.41) is 7.04. The van der Waals surface area contributed by atoms with Crippen LogP contribution in [0.1, 0.15) is 10.4 Å². The molecule has 0 saturated heterocycles. The van der Waals surface area contributed by atoms with Crippen molar-refractivity contribution in [3.63, 3.8) is 0 Å². The molecule has 0 fully saturated rings. The number of nitrogens with one attached hydrogen (secondary N) is 2. The Hall–Kier alpha value is -1.96. The fraction of sp³-hybridized carbons (Fsp3) is 0.250. The normalized spacial score (nSPS) is 10.7. The van der Waals surface area contributed by atoms with Crippen LogP contribution in [0.25, 0.3) is 0 Å². The second kappa shape index (κ2) is 8.77. The highest BCUT2D eigenvalue weighted by molar-refractivity contribution is 7.09. The van der Waals surface area contributed by atoms with E-state index in [0.29, 0.717) is 17.1 Å². The highest BCUT2D eigenvalue weighted by atomic mass is 35.5. The Balaban J connectivity index is 1.77. The maximum absolute atomic E-state index is 13.7. The van der Waals surface area contributed by atoms with Crippen LogP contribution in [0.5, 0.6) is 0 Å². The van der Waals surface area contributed by atoms with Crippen molar-refractivity contribution in [3.05, 3.63) is 57.0 Å². The summed E-state index contributed by atoms with van der Waals surface area (Å²) in [5.41, 5.74) is 0.316. The molecule has 5 nitrogen and oxygen atoms in total. The molecule has 0 spiro atoms. The van der Waals surface area contributed by atoms with Gasteiger partial charge >= 0.3 is 6.03 Å². The van der Waals surface area contributed by atoms with Gasteiger partial charge in [-0.05, 0) is 30.6 Å². The van der Waals surface area contributed by atoms with Crippen LogP contribution in [0.2, 0.25) is 5.02 Å². The van der Waals surface area contributed by atoms with Gasteiger partial charge in [-0.15, -0.1) is 11.3 Å². The van der Waals surface area contributed by atoms with E-state index in [-0.39, 0.29) is 13.1 Å². The predicted octanol–water partition coefficient (Wildman–Crippen LogP) is 3.00. The largest absolute Gasteiger partial charge is 0.333 e. The van der Waals surface area contributed by atoms with Crippen molar-refractivity contribution in [1.82, 2.24) is 15.5 Å². The number of likely N-dealkylation sites (N-methyl/N-ethyl adjacent to an activating group) is 1. The third-order valence-corrected chi connectivity index (χ3v) is 4.39. The number of amides is 3. The average molecular weight is 370 g/mol. The van der Waals surface area contributed by atoms with Gasteiger partial charge in [-0.1, -0.05) is 23.7 Å². The Kier molecular flexibility index (Phi) is 6.72. The molecule has 0 aliphatic heterocycles. The zero-order valence-corrected chi connectivity index (χ0v) is 14.6. The van der Waals surface area contributed by atoms with E-state index in [0.717, 1.165) is 4.88 Å². The minimum Gasteiger partial charge on any atom is -0.333 e. The van der Waals surface area contributed by atoms with Gasteiger partial charge in [0.25, 0.3) is 0 Å². The third kappa shape index (κ3) is 5.59. The lowest BCUT2D eigenvalue weighted by Crippen LogP contribution is -2.43. The molecule has 2 rings (SSSR count). The van der Waals surface area contributed by atoms with E-state index in [1.54, 1.807) is 18.0 Å². The van der Waals surface area contributed by atoms with E-state index in [4.69, 9.17) is 11.6 Å². The van der Waals surface area contributed by atoms with Gasteiger partial charge in [-0.2, -0.15) is 0 Å². The maximum atomic E-state index is 13.7. The van der Waals surface area contributed by atoms with Crippen molar-refractivity contribution in [1.29, 1.82) is 0 Å². The van der Waals surface area contributed by atoms with E-state index < -0.39 is 17.8 Å². The van der Waals surface area contributed by atoms with Crippen LogP contribution >= 0.6 is 22.9 Å². The van der Waals surface area contributed by atoms with E-state index in [2.05, 4.69) is 10.6 Å². The summed E-state index contributed by atoms with van der Waals surface area (Å²) in [5.74, 6) is -0.905. The standard InChI is InChI=1S/C16H17ClFN3O2S/c1-21(9-12-13(17)5-2-6-14(12)18)10-15(22)20-16(23)19-8-11-4-3-7-24-11/h2-7H,8-10H2,1H3,(H2,19,20,22,23). The zero-order chi connectivity index (χ0) is 17.5. The van der Waals surface area contributed by atoms with Crippen LogP contribution < -0.4 is 10.6 Å². The van der Waals surface area contributed by atoms with E-state index in [9.17, 15) is 14.0 Å². The van der Waals surface area contributed by atoms with Gasteiger partial charge in [0.1, 0.15) is 5.82 Å². The average Bonchev–Trinajstić information content (AvgIpc) is 3.02. The molecule has 3 amide bonds. The molecule has 0 aliphatic rings. The number of carbonyl (C=O) groups excluding carboxylic acids is 2. The Morgan fingerprint density at radius 2 is 2.08 bits per heavy atom. The minimum atomic E-state index is -0.564. The summed E-state index contributed by atoms with van der Waals surface area (Å²) in [6.07, 6.45) is 0. The molecule has 2 N–H and O–H groups in total. The number of carbonyl (C=O) groups is 2. The number of nitrogens with zero attached hydrogens (tertiary/aromatic N) is 1. The number of urea groups is 1. The molecule has 0 unspecified atom stereocenters. The van der Waals surface area contributed by atoms with Gasteiger partial charge in [0.2, 0.25) is 5.91 Å². The lowest BCUT2D eigenvalue weighted by Gasteiger charge is -2.17. The molecule has 0 radical (unpaired) electrons. The van der Waals surface area contributed by atoms with Crippen molar-refractivity contribution in [3.8, 4) is 0 Å². The van der Waals surface area contributed by atoms with Crippen LogP contribution in [0.4, 0.5) is 9.18 Å². The van der Waals surface area contributed by atoms with Crippen LogP contribution in [-0.4, -0.2) is 30.4 Å². The first-order chi connectivity index (χ1) is 11.5. The molecule has 8 heteroatoms. The summed E-state index contributed by atoms with van der Waals surface area (Å²) in [6.45, 7) is 0.463. The Morgan fingerprint density at radius 1 is 1.29 bits per heavy atom. The first-order valence-corrected chi connectivity index (χ1v) is 8.43. The second-order valence-electron chi connectivity index (χ2n) is 5.18. The Bertz CT molecular complexity index is 689. The van der Waals surface area contributed by atoms with Crippen molar-refractivity contribution >= 4 is 34.9 Å². The van der Waals surface area contributed by atoms with E-state index >= 15 is 0 Å². The summed E-state index contributed by atoms with van der Waals surface area (Å²) >= 11 is 7.47. The molecule has 0 bridgehead atoms. The van der Waals surface area contributed by atoms with Crippen molar-refractivity contribution in [2.45, 2.75) is 13.1 Å². The first-order valence-electron chi connectivity index (χ1n) is 7.17. The number of hydrogen-bond acceptors (Lipinski definition) is 4. The minimum absolute atomic E-state index is 0.0584. The van der Waals surface area contributed by atoms with Gasteiger partial charge in [-0.25, -0.2) is 9.18 Å². The summed E-state index contributed by atoms with van der Waals surface area (Å²) < 4.78 is 13.7. The lowest BCUT2D eigenvalue weighted by molar-refractivity contribution is -0.121. The molecule has 0 aliphatic carbocycles. The third-order valence-electron chi connectivity index (χ3n) is 3.16. The van der Waals surface area contributed by atoms with Crippen LogP contribution in [-0.2, 0) is 17.9 Å². The monoisotopic (exact) mass is 369 g/mol. The topological polar surface area (TPSA) is 61.4 Å². The molecule has 0 atom stereocenters. The molecule has 2 aromatic rings. The quantitative estimate of drug-likeness (QED) is 0.822. The number of benzene rings is 1. The lowest BCUT2D eigenvalue weighted by atomic mass is 10.2. The molecular formula is C16H17ClFN3O2S. The van der Waals surface area contributed by atoms with Gasteiger partial charge < -0.3 is 5.32 Å². The van der Waals surface area contributed by atoms with Crippen LogP contribution in [0.15, 0.2) is 35.7 Å². The van der Waals surface area contributed by atoms with E-state index in [1.807, 2.05) is 17.5 Å². The van der Waals surface area contributed by atoms with E-state index in [1.165, 1.54) is 23.5 Å². The number of thiophene rings is 1. The summed E-state index contributed by atoms with van der Waals surface area (Å²) in [4.78, 5) is 26.1. The Morgan fingerprint density at radius 3 is 2.75 bits per heavy atom. The molecule has 128 valence electrons. The smallest absolute Gasteiger partial charge is 0.321 e. The summed E-state index contributed by atoms with van der Waals surface area (Å²) in [6, 6.07) is 7.63. The molecule has 1 aromatic heterocycles. The SMILES string of the molecule is CN(CC(=O)NC(=O)NCc1cccs1)Cc1c(F)cccc1Cl. The first kappa shape index (κ1) is 18.4. The van der Waals surface area contributed by atoms with Crippen molar-refractivity contribution in [2.24, 2.45) is 0 Å². The fourth-order valence-electron chi connectivity index (χ4n) is 2.05. The van der Waals surface area contributed by atoms with Crippen LogP contribution in [0, 0.1) is 5.82 Å². The number of halogens is 2. The molecular weight excluding hydrogens is 353 g/mol. The highest BCUT2D eigenvalue weighted by Crippen LogP contribution is 2.20. The Labute approximate surface area is 148 Å². The number of imide groups is 1. The summed E-state index contributed by atoms with van der Waals surface area (Å²) in [7, 11) is 1.64. The van der Waals surface area contributed by atoms with Gasteiger partial charge in [0.15, 0.2) is 0 Å². The highest BCUT2D eigenvalue weighted by Gasteiger charge is 2.14. The fourth-order valence-corrected chi connectivity index (χ4v) is 2.91. The van der Waals surface area contributed by atoms with Gasteiger partial charge in [-0.3, -0.25) is 15.0 Å². The van der Waals surface area contributed by atoms with Crippen LogP contribution in [0.3, 0.4) is 0 Å². The number of rotatable bonds is 6. The van der Waals surface area contributed by atoms with Gasteiger partial charge in [0, 0.05) is 22.0 Å². The maximum Gasteiger partial charge on any atom is 0.321 e. The van der Waals surface area contributed by atoms with Crippen molar-refractivity contribution in [2.75, 3.05) is 13.6 Å². The van der Waals surface area contributed by atoms with Gasteiger partial charge in [0.05, 0.1) is 13.1 Å². The second-order valence-corrected chi connectivity index (χ2v) is 6.62. The molecule has 0 saturated carbocycles. The molecule has 1 heterocycles. The predicted molar refractivity (Wildman–Crippen MR) is 92.4 cm³/mol. The molecule has 1 aromatic carbocycles. The van der Waals surface area contributed by atoms with Crippen molar-refractivity contribution < 1.29 is 14.0 Å².